The topological polar surface area (TPSA) is 67.2 Å². The third-order valence-corrected chi connectivity index (χ3v) is 3.05. The highest BCUT2D eigenvalue weighted by molar-refractivity contribution is 6.66. The maximum absolute atomic E-state index is 12.0. The van der Waals surface area contributed by atoms with E-state index in [0.29, 0.717) is 42.4 Å². The minimum atomic E-state index is -0.492. The van der Waals surface area contributed by atoms with E-state index in [1.807, 2.05) is 0 Å². The fraction of sp³-hybridized carbons (Fsp3) is 0.545. The lowest BCUT2D eigenvalue weighted by atomic mass is 10.2. The SMILES string of the molecule is O=c1[nH]c(=O)n(CCCCCF)c2c1CC(Cl)=N2. The first-order chi connectivity index (χ1) is 8.63. The van der Waals surface area contributed by atoms with Crippen LogP contribution in [0.15, 0.2) is 14.6 Å². The Balaban J connectivity index is 2.28. The summed E-state index contributed by atoms with van der Waals surface area (Å²) in [7, 11) is 0. The Kier molecular flexibility index (Phi) is 3.96. The molecule has 1 aliphatic heterocycles. The van der Waals surface area contributed by atoms with E-state index in [2.05, 4.69) is 9.98 Å². The largest absolute Gasteiger partial charge is 0.329 e. The minimum Gasteiger partial charge on any atom is -0.278 e. The van der Waals surface area contributed by atoms with Crippen molar-refractivity contribution in [3.8, 4) is 0 Å². The summed E-state index contributed by atoms with van der Waals surface area (Å²) in [5.41, 5.74) is -0.506. The number of rotatable bonds is 5. The highest BCUT2D eigenvalue weighted by Gasteiger charge is 2.21. The first-order valence-corrected chi connectivity index (χ1v) is 6.16. The second kappa shape index (κ2) is 5.48. The normalized spacial score (nSPS) is 13.6. The van der Waals surface area contributed by atoms with Gasteiger partial charge in [0.2, 0.25) is 0 Å². The maximum atomic E-state index is 12.0. The number of nitrogens with zero attached hydrogens (tertiary/aromatic N) is 2. The molecule has 1 aliphatic rings. The van der Waals surface area contributed by atoms with Gasteiger partial charge in [-0.15, -0.1) is 0 Å². The molecule has 2 rings (SSSR count). The summed E-state index contributed by atoms with van der Waals surface area (Å²) in [5.74, 6) is 0.342. The van der Waals surface area contributed by atoms with Gasteiger partial charge in [-0.1, -0.05) is 11.6 Å². The fourth-order valence-corrected chi connectivity index (χ4v) is 2.15. The number of hydrogen-bond acceptors (Lipinski definition) is 3. The zero-order chi connectivity index (χ0) is 13.1. The molecule has 5 nitrogen and oxygen atoms in total. The van der Waals surface area contributed by atoms with Crippen molar-refractivity contribution in [1.29, 1.82) is 0 Å². The molecule has 1 N–H and O–H groups in total. The molecule has 1 aromatic rings. The summed E-state index contributed by atoms with van der Waals surface area (Å²) in [4.78, 5) is 29.5. The van der Waals surface area contributed by atoms with E-state index in [0.717, 1.165) is 0 Å². The van der Waals surface area contributed by atoms with Gasteiger partial charge in [0.1, 0.15) is 11.0 Å². The van der Waals surface area contributed by atoms with Crippen LogP contribution in [0.1, 0.15) is 24.8 Å². The molecule has 0 saturated carbocycles. The third-order valence-electron chi connectivity index (χ3n) is 2.83. The van der Waals surface area contributed by atoms with Crippen LogP contribution in [-0.2, 0) is 13.0 Å². The van der Waals surface area contributed by atoms with Crippen molar-refractivity contribution >= 4 is 22.6 Å². The van der Waals surface area contributed by atoms with Crippen LogP contribution in [0.4, 0.5) is 10.2 Å². The Hall–Kier alpha value is -1.43. The molecule has 0 fully saturated rings. The van der Waals surface area contributed by atoms with Crippen LogP contribution in [0.25, 0.3) is 0 Å². The minimum absolute atomic E-state index is 0.261. The first-order valence-electron chi connectivity index (χ1n) is 5.78. The van der Waals surface area contributed by atoms with Crippen molar-refractivity contribution in [1.82, 2.24) is 9.55 Å². The Labute approximate surface area is 107 Å². The molecular weight excluding hydrogens is 261 g/mol. The number of nitrogens with one attached hydrogen (secondary N) is 1. The molecule has 1 aromatic heterocycles. The molecule has 0 saturated heterocycles. The molecule has 98 valence electrons. The number of fused-ring (bicyclic) bond motifs is 1. The van der Waals surface area contributed by atoms with Crippen LogP contribution in [0, 0.1) is 0 Å². The number of hydrogen-bond donors (Lipinski definition) is 1. The number of aromatic nitrogens is 2. The van der Waals surface area contributed by atoms with Gasteiger partial charge >= 0.3 is 5.69 Å². The van der Waals surface area contributed by atoms with E-state index >= 15 is 0 Å². The lowest BCUT2D eigenvalue weighted by Gasteiger charge is -2.08. The van der Waals surface area contributed by atoms with Gasteiger partial charge in [-0.05, 0) is 19.3 Å². The molecule has 0 aliphatic carbocycles. The molecule has 0 unspecified atom stereocenters. The van der Waals surface area contributed by atoms with E-state index in [9.17, 15) is 14.0 Å². The van der Waals surface area contributed by atoms with Crippen molar-refractivity contribution in [2.75, 3.05) is 6.67 Å². The van der Waals surface area contributed by atoms with Gasteiger partial charge in [0, 0.05) is 13.0 Å². The lowest BCUT2D eigenvalue weighted by Crippen LogP contribution is -2.31. The second-order valence-corrected chi connectivity index (χ2v) is 4.56. The Bertz CT molecular complexity index is 591. The number of unbranched alkanes of at least 4 members (excludes halogenated alkanes) is 2. The average molecular weight is 274 g/mol. The fourth-order valence-electron chi connectivity index (χ4n) is 1.94. The number of aromatic amines is 1. The van der Waals surface area contributed by atoms with Gasteiger partial charge < -0.3 is 0 Å². The van der Waals surface area contributed by atoms with E-state index in [1.54, 1.807) is 0 Å². The van der Waals surface area contributed by atoms with Gasteiger partial charge in [0.05, 0.1) is 12.2 Å². The predicted molar refractivity (Wildman–Crippen MR) is 67.8 cm³/mol. The van der Waals surface area contributed by atoms with Crippen molar-refractivity contribution in [3.63, 3.8) is 0 Å². The summed E-state index contributed by atoms with van der Waals surface area (Å²) < 4.78 is 13.4. The molecule has 2 heterocycles. The Morgan fingerprint density at radius 3 is 2.83 bits per heavy atom. The first kappa shape index (κ1) is 13.0. The number of alkyl halides is 1. The van der Waals surface area contributed by atoms with E-state index in [-0.39, 0.29) is 13.1 Å². The highest BCUT2D eigenvalue weighted by Crippen LogP contribution is 2.23. The smallest absolute Gasteiger partial charge is 0.278 e. The van der Waals surface area contributed by atoms with Crippen LogP contribution in [0.2, 0.25) is 0 Å². The molecule has 0 atom stereocenters. The molecule has 0 spiro atoms. The summed E-state index contributed by atoms with van der Waals surface area (Å²) >= 11 is 5.79. The van der Waals surface area contributed by atoms with Crippen LogP contribution < -0.4 is 11.2 Å². The average Bonchev–Trinajstić information content (AvgIpc) is 2.70. The van der Waals surface area contributed by atoms with E-state index in [1.165, 1.54) is 4.57 Å². The molecule has 18 heavy (non-hydrogen) atoms. The monoisotopic (exact) mass is 273 g/mol. The number of halogens is 2. The van der Waals surface area contributed by atoms with Crippen molar-refractivity contribution in [2.45, 2.75) is 32.2 Å². The number of aliphatic imine (C=N–C) groups is 1. The van der Waals surface area contributed by atoms with Crippen LogP contribution >= 0.6 is 11.6 Å². The Morgan fingerprint density at radius 2 is 2.11 bits per heavy atom. The van der Waals surface area contributed by atoms with Gasteiger partial charge in [0.25, 0.3) is 5.56 Å². The van der Waals surface area contributed by atoms with Crippen molar-refractivity contribution in [3.05, 3.63) is 26.4 Å². The quantitative estimate of drug-likeness (QED) is 0.826. The summed E-state index contributed by atoms with van der Waals surface area (Å²) in [6.07, 6.45) is 2.09. The van der Waals surface area contributed by atoms with Gasteiger partial charge in [0.15, 0.2) is 0 Å². The molecule has 0 radical (unpaired) electrons. The predicted octanol–water partition coefficient (Wildman–Crippen LogP) is 1.50. The molecule has 0 amide bonds. The van der Waals surface area contributed by atoms with Crippen molar-refractivity contribution < 1.29 is 4.39 Å². The van der Waals surface area contributed by atoms with E-state index in [4.69, 9.17) is 11.6 Å². The zero-order valence-electron chi connectivity index (χ0n) is 9.71. The lowest BCUT2D eigenvalue weighted by molar-refractivity contribution is 0.446. The molecule has 0 aromatic carbocycles. The van der Waals surface area contributed by atoms with Gasteiger partial charge in [-0.3, -0.25) is 18.7 Å². The van der Waals surface area contributed by atoms with Crippen LogP contribution in [-0.4, -0.2) is 21.4 Å². The summed E-state index contributed by atoms with van der Waals surface area (Å²) in [6.45, 7) is 0.0498. The van der Waals surface area contributed by atoms with E-state index < -0.39 is 11.2 Å². The second-order valence-electron chi connectivity index (χ2n) is 4.13. The summed E-state index contributed by atoms with van der Waals surface area (Å²) in [5, 5.41) is 0.304. The van der Waals surface area contributed by atoms with Gasteiger partial charge in [-0.25, -0.2) is 9.79 Å². The standard InChI is InChI=1S/C11H13ClFN3O2/c12-8-6-7-9(14-8)16(5-3-1-2-4-13)11(18)15-10(7)17/h1-6H2,(H,15,17,18). The zero-order valence-corrected chi connectivity index (χ0v) is 10.5. The van der Waals surface area contributed by atoms with Gasteiger partial charge in [-0.2, -0.15) is 0 Å². The highest BCUT2D eigenvalue weighted by atomic mass is 35.5. The molecule has 7 heteroatoms. The summed E-state index contributed by atoms with van der Waals surface area (Å²) in [6, 6.07) is 0. The molecular formula is C11H13ClFN3O2. The van der Waals surface area contributed by atoms with Crippen molar-refractivity contribution in [2.24, 2.45) is 4.99 Å². The molecule has 0 bridgehead atoms. The number of H-pyrrole nitrogens is 1. The Morgan fingerprint density at radius 1 is 1.33 bits per heavy atom. The van der Waals surface area contributed by atoms with Crippen LogP contribution in [0.3, 0.4) is 0 Å². The van der Waals surface area contributed by atoms with Crippen LogP contribution in [0.5, 0.6) is 0 Å². The third kappa shape index (κ3) is 2.53. The maximum Gasteiger partial charge on any atom is 0.329 e.